The van der Waals surface area contributed by atoms with Gasteiger partial charge in [0.2, 0.25) is 0 Å². The second-order valence-electron chi connectivity index (χ2n) is 8.89. The van der Waals surface area contributed by atoms with Gasteiger partial charge in [-0.05, 0) is 69.1 Å². The summed E-state index contributed by atoms with van der Waals surface area (Å²) in [5, 5.41) is 0. The molecule has 2 saturated carbocycles. The zero-order valence-electron chi connectivity index (χ0n) is 14.1. The van der Waals surface area contributed by atoms with Crippen LogP contribution in [0.25, 0.3) is 0 Å². The molecule has 3 aliphatic rings. The molecule has 0 aromatic carbocycles. The van der Waals surface area contributed by atoms with Crippen molar-refractivity contribution in [3.05, 3.63) is 0 Å². The minimum atomic E-state index is 0.112. The first-order chi connectivity index (χ1) is 9.90. The zero-order valence-corrected chi connectivity index (χ0v) is 14.1. The number of hydrogen-bond donors (Lipinski definition) is 0. The highest BCUT2D eigenvalue weighted by atomic mass is 16.5. The van der Waals surface area contributed by atoms with E-state index in [1.807, 2.05) is 0 Å². The van der Waals surface area contributed by atoms with Crippen LogP contribution >= 0.6 is 0 Å². The minimum Gasteiger partial charge on any atom is -0.375 e. The molecular weight excluding hydrogens is 260 g/mol. The van der Waals surface area contributed by atoms with Gasteiger partial charge in [-0.25, -0.2) is 0 Å². The van der Waals surface area contributed by atoms with Crippen LogP contribution in [0, 0.1) is 23.2 Å². The van der Waals surface area contributed by atoms with Gasteiger partial charge in [0.25, 0.3) is 0 Å². The van der Waals surface area contributed by atoms with Crippen LogP contribution in [0.4, 0.5) is 0 Å². The van der Waals surface area contributed by atoms with Crippen molar-refractivity contribution in [2.45, 2.75) is 84.2 Å². The van der Waals surface area contributed by atoms with Crippen molar-refractivity contribution in [2.75, 3.05) is 6.61 Å². The first kappa shape index (κ1) is 15.5. The molecule has 1 spiro atoms. The predicted molar refractivity (Wildman–Crippen MR) is 85.2 cm³/mol. The van der Waals surface area contributed by atoms with Gasteiger partial charge in [-0.1, -0.05) is 20.8 Å². The highest BCUT2D eigenvalue weighted by Crippen LogP contribution is 2.46. The third-order valence-electron chi connectivity index (χ3n) is 6.51. The molecule has 1 aliphatic heterocycles. The lowest BCUT2D eigenvalue weighted by Gasteiger charge is -2.47. The van der Waals surface area contributed by atoms with Gasteiger partial charge in [-0.2, -0.15) is 0 Å². The van der Waals surface area contributed by atoms with Gasteiger partial charge in [0.1, 0.15) is 5.78 Å². The van der Waals surface area contributed by atoms with E-state index in [0.717, 1.165) is 38.2 Å². The van der Waals surface area contributed by atoms with Crippen LogP contribution in [-0.2, 0) is 9.53 Å². The van der Waals surface area contributed by atoms with E-state index in [4.69, 9.17) is 4.74 Å². The van der Waals surface area contributed by atoms with Crippen molar-refractivity contribution in [2.24, 2.45) is 23.2 Å². The maximum Gasteiger partial charge on any atom is 0.139 e. The largest absolute Gasteiger partial charge is 0.375 e. The highest BCUT2D eigenvalue weighted by Gasteiger charge is 2.45. The maximum absolute atomic E-state index is 12.9. The van der Waals surface area contributed by atoms with E-state index in [9.17, 15) is 4.79 Å². The molecule has 0 amide bonds. The molecule has 120 valence electrons. The van der Waals surface area contributed by atoms with Crippen LogP contribution in [-0.4, -0.2) is 18.0 Å². The van der Waals surface area contributed by atoms with E-state index in [2.05, 4.69) is 20.8 Å². The Kier molecular flexibility index (Phi) is 4.20. The first-order valence-electron chi connectivity index (χ1n) is 9.07. The monoisotopic (exact) mass is 292 g/mol. The maximum atomic E-state index is 12.9. The van der Waals surface area contributed by atoms with Crippen LogP contribution in [0.2, 0.25) is 0 Å². The number of ketones is 1. The molecule has 0 aromatic rings. The van der Waals surface area contributed by atoms with E-state index in [1.54, 1.807) is 0 Å². The second kappa shape index (κ2) is 5.68. The second-order valence-corrected chi connectivity index (χ2v) is 8.89. The summed E-state index contributed by atoms with van der Waals surface area (Å²) in [6.07, 6.45) is 10.4. The Labute approximate surface area is 130 Å². The number of Topliss-reactive ketones (excluding diaryl/α,β-unsaturated/α-hetero) is 1. The third kappa shape index (κ3) is 3.21. The molecule has 3 rings (SSSR count). The van der Waals surface area contributed by atoms with E-state index in [1.165, 1.54) is 32.1 Å². The van der Waals surface area contributed by atoms with Crippen LogP contribution < -0.4 is 0 Å². The quantitative estimate of drug-likeness (QED) is 0.733. The summed E-state index contributed by atoms with van der Waals surface area (Å²) in [6, 6.07) is 0. The molecule has 21 heavy (non-hydrogen) atoms. The molecule has 1 unspecified atom stereocenters. The van der Waals surface area contributed by atoms with Crippen molar-refractivity contribution in [1.82, 2.24) is 0 Å². The third-order valence-corrected chi connectivity index (χ3v) is 6.51. The fourth-order valence-corrected chi connectivity index (χ4v) is 4.77. The lowest BCUT2D eigenvalue weighted by molar-refractivity contribution is -0.158. The number of carbonyl (C=O) groups is 1. The fraction of sp³-hybridized carbons (Fsp3) is 0.947. The molecule has 0 radical (unpaired) electrons. The Morgan fingerprint density at radius 1 is 1.00 bits per heavy atom. The zero-order chi connectivity index (χ0) is 15.1. The SMILES string of the molecule is CC(C)(C)C1CCC(C(=O)C2CCOC3(CCC3)C2)CC1. The molecule has 1 atom stereocenters. The van der Waals surface area contributed by atoms with Gasteiger partial charge in [-0.3, -0.25) is 4.79 Å². The molecule has 0 aromatic heterocycles. The average Bonchev–Trinajstić information content (AvgIpc) is 2.44. The van der Waals surface area contributed by atoms with Crippen molar-refractivity contribution in [3.8, 4) is 0 Å². The lowest BCUT2D eigenvalue weighted by Crippen LogP contribution is -2.48. The fourth-order valence-electron chi connectivity index (χ4n) is 4.77. The van der Waals surface area contributed by atoms with Crippen LogP contribution in [0.5, 0.6) is 0 Å². The Morgan fingerprint density at radius 2 is 1.67 bits per heavy atom. The number of hydrogen-bond acceptors (Lipinski definition) is 2. The summed E-state index contributed by atoms with van der Waals surface area (Å²) in [5.41, 5.74) is 0.518. The predicted octanol–water partition coefficient (Wildman–Crippen LogP) is 4.76. The molecule has 2 aliphatic carbocycles. The Bertz CT molecular complexity index is 381. The molecule has 1 saturated heterocycles. The lowest BCUT2D eigenvalue weighted by atomic mass is 9.66. The standard InChI is InChI=1S/C19H32O2/c1-18(2,3)16-7-5-14(6-8-16)17(20)15-9-12-21-19(13-15)10-4-11-19/h14-16H,4-13H2,1-3H3. The summed E-state index contributed by atoms with van der Waals surface area (Å²) in [6.45, 7) is 7.85. The summed E-state index contributed by atoms with van der Waals surface area (Å²) in [5.74, 6) is 2.03. The Morgan fingerprint density at radius 3 is 2.19 bits per heavy atom. The number of ether oxygens (including phenoxy) is 1. The molecule has 3 fully saturated rings. The Balaban J connectivity index is 1.54. The number of rotatable bonds is 2. The summed E-state index contributed by atoms with van der Waals surface area (Å²) in [7, 11) is 0. The first-order valence-corrected chi connectivity index (χ1v) is 9.07. The van der Waals surface area contributed by atoms with E-state index in [-0.39, 0.29) is 5.60 Å². The van der Waals surface area contributed by atoms with Gasteiger partial charge >= 0.3 is 0 Å². The van der Waals surface area contributed by atoms with Crippen LogP contribution in [0.1, 0.15) is 78.6 Å². The van der Waals surface area contributed by atoms with Crippen molar-refractivity contribution in [1.29, 1.82) is 0 Å². The molecule has 2 heteroatoms. The van der Waals surface area contributed by atoms with Gasteiger partial charge in [-0.15, -0.1) is 0 Å². The molecule has 0 bridgehead atoms. The Hall–Kier alpha value is -0.370. The highest BCUT2D eigenvalue weighted by molar-refractivity contribution is 5.83. The van der Waals surface area contributed by atoms with E-state index >= 15 is 0 Å². The summed E-state index contributed by atoms with van der Waals surface area (Å²) in [4.78, 5) is 12.9. The molecule has 1 heterocycles. The smallest absolute Gasteiger partial charge is 0.139 e. The van der Waals surface area contributed by atoms with Crippen LogP contribution in [0.3, 0.4) is 0 Å². The van der Waals surface area contributed by atoms with Crippen molar-refractivity contribution in [3.63, 3.8) is 0 Å². The van der Waals surface area contributed by atoms with E-state index < -0.39 is 0 Å². The van der Waals surface area contributed by atoms with Crippen LogP contribution in [0.15, 0.2) is 0 Å². The summed E-state index contributed by atoms with van der Waals surface area (Å²) < 4.78 is 5.98. The van der Waals surface area contributed by atoms with Gasteiger partial charge < -0.3 is 4.74 Å². The molecule has 2 nitrogen and oxygen atoms in total. The topological polar surface area (TPSA) is 26.3 Å². The number of carbonyl (C=O) groups excluding carboxylic acids is 1. The minimum absolute atomic E-state index is 0.112. The summed E-state index contributed by atoms with van der Waals surface area (Å²) >= 11 is 0. The van der Waals surface area contributed by atoms with E-state index in [0.29, 0.717) is 23.0 Å². The van der Waals surface area contributed by atoms with Crippen molar-refractivity contribution < 1.29 is 9.53 Å². The van der Waals surface area contributed by atoms with Gasteiger partial charge in [0.15, 0.2) is 0 Å². The van der Waals surface area contributed by atoms with Crippen molar-refractivity contribution >= 4 is 5.78 Å². The average molecular weight is 292 g/mol. The molecular formula is C19H32O2. The molecule has 0 N–H and O–H groups in total. The van der Waals surface area contributed by atoms with Gasteiger partial charge in [0, 0.05) is 18.4 Å². The normalized spacial score (nSPS) is 36.2. The van der Waals surface area contributed by atoms with Gasteiger partial charge in [0.05, 0.1) is 5.60 Å².